The summed E-state index contributed by atoms with van der Waals surface area (Å²) in [5.74, 6) is -1.76. The molecular formula is C14H11Cl2N3O5. The molecule has 1 aromatic carbocycles. The van der Waals surface area contributed by atoms with Crippen LogP contribution >= 0.6 is 23.2 Å². The number of esters is 1. The van der Waals surface area contributed by atoms with Crippen LogP contribution in [0.1, 0.15) is 15.9 Å². The fraction of sp³-hybridized carbons (Fsp3) is 0.143. The number of anilines is 1. The molecule has 1 aromatic heterocycles. The van der Waals surface area contributed by atoms with Crippen molar-refractivity contribution in [3.8, 4) is 0 Å². The Hall–Kier alpha value is -2.58. The first-order chi connectivity index (χ1) is 11.3. The lowest BCUT2D eigenvalue weighted by atomic mass is 10.2. The van der Waals surface area contributed by atoms with Crippen LogP contribution in [0, 0.1) is 6.92 Å². The van der Waals surface area contributed by atoms with E-state index in [1.54, 1.807) is 19.1 Å². The summed E-state index contributed by atoms with van der Waals surface area (Å²) in [6, 6.07) is 3.24. The van der Waals surface area contributed by atoms with Crippen LogP contribution in [0.15, 0.2) is 27.9 Å². The Bertz CT molecular complexity index is 919. The number of aromatic amines is 2. The molecule has 0 bridgehead atoms. The third-order valence-electron chi connectivity index (χ3n) is 2.92. The predicted octanol–water partition coefficient (Wildman–Crippen LogP) is 1.47. The Balaban J connectivity index is 2.04. The van der Waals surface area contributed by atoms with E-state index in [1.807, 2.05) is 4.98 Å². The first-order valence-corrected chi connectivity index (χ1v) is 7.28. The van der Waals surface area contributed by atoms with Gasteiger partial charge in [0.05, 0.1) is 15.7 Å². The van der Waals surface area contributed by atoms with Crippen LogP contribution in [0.5, 0.6) is 0 Å². The predicted molar refractivity (Wildman–Crippen MR) is 87.8 cm³/mol. The lowest BCUT2D eigenvalue weighted by Gasteiger charge is -2.11. The van der Waals surface area contributed by atoms with E-state index in [0.29, 0.717) is 5.56 Å². The summed E-state index contributed by atoms with van der Waals surface area (Å²) in [6.07, 6.45) is 0.899. The molecule has 0 radical (unpaired) electrons. The van der Waals surface area contributed by atoms with Gasteiger partial charge in [-0.05, 0) is 18.6 Å². The zero-order chi connectivity index (χ0) is 17.9. The summed E-state index contributed by atoms with van der Waals surface area (Å²) in [5.41, 5.74) is -1.23. The first-order valence-electron chi connectivity index (χ1n) is 6.53. The fourth-order valence-corrected chi connectivity index (χ4v) is 2.18. The largest absolute Gasteiger partial charge is 0.452 e. The quantitative estimate of drug-likeness (QED) is 0.702. The van der Waals surface area contributed by atoms with Crippen LogP contribution in [-0.4, -0.2) is 28.5 Å². The molecule has 0 unspecified atom stereocenters. The van der Waals surface area contributed by atoms with E-state index in [4.69, 9.17) is 27.9 Å². The summed E-state index contributed by atoms with van der Waals surface area (Å²) < 4.78 is 4.71. The number of benzene rings is 1. The number of H-pyrrole nitrogens is 2. The average Bonchev–Trinajstić information content (AvgIpc) is 2.53. The Morgan fingerprint density at radius 3 is 2.62 bits per heavy atom. The van der Waals surface area contributed by atoms with Crippen molar-refractivity contribution in [1.82, 2.24) is 9.97 Å². The SMILES string of the molecule is Cc1ccc(Cl)c(NC(=O)COC(=O)c2c[nH]c(=O)[nH]c2=O)c1Cl. The molecule has 24 heavy (non-hydrogen) atoms. The fourth-order valence-electron chi connectivity index (χ4n) is 1.72. The van der Waals surface area contributed by atoms with Crippen LogP contribution in [0.3, 0.4) is 0 Å². The van der Waals surface area contributed by atoms with Gasteiger partial charge in [0.25, 0.3) is 11.5 Å². The number of ether oxygens (including phenoxy) is 1. The molecule has 1 heterocycles. The molecule has 8 nitrogen and oxygen atoms in total. The number of carbonyl (C=O) groups is 2. The molecule has 0 aliphatic carbocycles. The minimum atomic E-state index is -1.07. The lowest BCUT2D eigenvalue weighted by molar-refractivity contribution is -0.119. The van der Waals surface area contributed by atoms with E-state index < -0.39 is 35.3 Å². The molecule has 2 aromatic rings. The van der Waals surface area contributed by atoms with Gasteiger partial charge in [0, 0.05) is 6.20 Å². The van der Waals surface area contributed by atoms with Crippen molar-refractivity contribution in [2.24, 2.45) is 0 Å². The van der Waals surface area contributed by atoms with Crippen LogP contribution in [-0.2, 0) is 9.53 Å². The summed E-state index contributed by atoms with van der Waals surface area (Å²) in [6.45, 7) is 1.06. The van der Waals surface area contributed by atoms with Crippen LogP contribution in [0.2, 0.25) is 10.0 Å². The molecule has 0 atom stereocenters. The zero-order valence-corrected chi connectivity index (χ0v) is 13.7. The standard InChI is InChI=1S/C14H11Cl2N3O5/c1-6-2-3-8(15)11(10(6)16)18-9(20)5-24-13(22)7-4-17-14(23)19-12(7)21/h2-4H,5H2,1H3,(H,18,20)(H2,17,19,21,23). The van der Waals surface area contributed by atoms with Gasteiger partial charge in [0.15, 0.2) is 6.61 Å². The number of amides is 1. The number of aryl methyl sites for hydroxylation is 1. The number of aromatic nitrogens is 2. The van der Waals surface area contributed by atoms with Crippen molar-refractivity contribution in [2.45, 2.75) is 6.92 Å². The second-order valence-corrected chi connectivity index (χ2v) is 5.45. The molecule has 3 N–H and O–H groups in total. The number of nitrogens with one attached hydrogen (secondary N) is 3. The monoisotopic (exact) mass is 371 g/mol. The molecule has 0 saturated carbocycles. The van der Waals surface area contributed by atoms with Gasteiger partial charge in [-0.3, -0.25) is 14.6 Å². The van der Waals surface area contributed by atoms with Crippen molar-refractivity contribution in [2.75, 3.05) is 11.9 Å². The van der Waals surface area contributed by atoms with Gasteiger partial charge < -0.3 is 15.0 Å². The van der Waals surface area contributed by atoms with Gasteiger partial charge in [-0.25, -0.2) is 9.59 Å². The number of rotatable bonds is 4. The molecule has 2 rings (SSSR count). The molecule has 1 amide bonds. The normalized spacial score (nSPS) is 10.3. The van der Waals surface area contributed by atoms with Crippen LogP contribution in [0.25, 0.3) is 0 Å². The molecule has 0 aliphatic heterocycles. The summed E-state index contributed by atoms with van der Waals surface area (Å²) in [7, 11) is 0. The topological polar surface area (TPSA) is 121 Å². The summed E-state index contributed by atoms with van der Waals surface area (Å²) in [4.78, 5) is 49.9. The molecule has 10 heteroatoms. The van der Waals surface area contributed by atoms with Gasteiger partial charge >= 0.3 is 11.7 Å². The average molecular weight is 372 g/mol. The third kappa shape index (κ3) is 4.03. The van der Waals surface area contributed by atoms with E-state index in [2.05, 4.69) is 10.3 Å². The molecule has 126 valence electrons. The highest BCUT2D eigenvalue weighted by Crippen LogP contribution is 2.32. The number of halogens is 2. The molecular weight excluding hydrogens is 361 g/mol. The third-order valence-corrected chi connectivity index (χ3v) is 3.72. The van der Waals surface area contributed by atoms with Gasteiger partial charge in [-0.2, -0.15) is 0 Å². The second-order valence-electron chi connectivity index (χ2n) is 4.66. The molecule has 0 aliphatic rings. The van der Waals surface area contributed by atoms with Gasteiger partial charge in [-0.15, -0.1) is 0 Å². The highest BCUT2D eigenvalue weighted by Gasteiger charge is 2.16. The molecule has 0 fully saturated rings. The van der Waals surface area contributed by atoms with E-state index in [9.17, 15) is 19.2 Å². The van der Waals surface area contributed by atoms with Crippen molar-refractivity contribution >= 4 is 40.8 Å². The van der Waals surface area contributed by atoms with E-state index in [0.717, 1.165) is 6.20 Å². The smallest absolute Gasteiger partial charge is 0.345 e. The van der Waals surface area contributed by atoms with Gasteiger partial charge in [-0.1, -0.05) is 29.3 Å². The molecule has 0 saturated heterocycles. The first kappa shape index (κ1) is 17.8. The second kappa shape index (κ2) is 7.33. The van der Waals surface area contributed by atoms with Gasteiger partial charge in [0.1, 0.15) is 5.56 Å². The number of carbonyl (C=O) groups excluding carboxylic acids is 2. The maximum Gasteiger partial charge on any atom is 0.345 e. The van der Waals surface area contributed by atoms with Crippen molar-refractivity contribution in [3.63, 3.8) is 0 Å². The Morgan fingerprint density at radius 2 is 1.96 bits per heavy atom. The van der Waals surface area contributed by atoms with Crippen molar-refractivity contribution < 1.29 is 14.3 Å². The minimum Gasteiger partial charge on any atom is -0.452 e. The summed E-state index contributed by atoms with van der Waals surface area (Å²) in [5, 5.41) is 2.91. The van der Waals surface area contributed by atoms with Gasteiger partial charge in [0.2, 0.25) is 0 Å². The van der Waals surface area contributed by atoms with Crippen LogP contribution < -0.4 is 16.6 Å². The highest BCUT2D eigenvalue weighted by molar-refractivity contribution is 6.40. The Kier molecular flexibility index (Phi) is 5.42. The maximum absolute atomic E-state index is 11.9. The lowest BCUT2D eigenvalue weighted by Crippen LogP contribution is -2.29. The van der Waals surface area contributed by atoms with Crippen molar-refractivity contribution in [3.05, 3.63) is 60.3 Å². The molecule has 0 spiro atoms. The zero-order valence-electron chi connectivity index (χ0n) is 12.2. The number of hydrogen-bond acceptors (Lipinski definition) is 5. The van der Waals surface area contributed by atoms with E-state index in [1.165, 1.54) is 0 Å². The number of hydrogen-bond donors (Lipinski definition) is 3. The van der Waals surface area contributed by atoms with E-state index >= 15 is 0 Å². The van der Waals surface area contributed by atoms with Crippen LogP contribution in [0.4, 0.5) is 5.69 Å². The summed E-state index contributed by atoms with van der Waals surface area (Å²) >= 11 is 12.0. The van der Waals surface area contributed by atoms with Crippen molar-refractivity contribution in [1.29, 1.82) is 0 Å². The highest BCUT2D eigenvalue weighted by atomic mass is 35.5. The maximum atomic E-state index is 11.9. The Morgan fingerprint density at radius 1 is 1.25 bits per heavy atom. The van der Waals surface area contributed by atoms with E-state index in [-0.39, 0.29) is 15.7 Å². The Labute approximate surface area is 144 Å². The minimum absolute atomic E-state index is 0.196.